The van der Waals surface area contributed by atoms with E-state index in [0.717, 1.165) is 36.6 Å². The van der Waals surface area contributed by atoms with Crippen molar-refractivity contribution in [1.82, 2.24) is 9.97 Å². The predicted molar refractivity (Wildman–Crippen MR) is 119 cm³/mol. The van der Waals surface area contributed by atoms with Crippen LogP contribution in [0.2, 0.25) is 5.15 Å². The standard InChI is InChI=1S/C24H24ClN3O2/c1-2-3-4-5-8-17(29)15-20-18-9-6-7-10-19(18)24(30)28(20)22-14-12-16-11-13-21(25)26-23(16)27-22/h6-7,9-14,20H,2-5,8,15H2,1H3. The summed E-state index contributed by atoms with van der Waals surface area (Å²) in [6.07, 6.45) is 5.07. The van der Waals surface area contributed by atoms with Gasteiger partial charge in [0.05, 0.1) is 6.04 Å². The van der Waals surface area contributed by atoms with Crippen LogP contribution in [-0.4, -0.2) is 21.7 Å². The average molecular weight is 422 g/mol. The van der Waals surface area contributed by atoms with Gasteiger partial charge in [0.15, 0.2) is 5.65 Å². The monoisotopic (exact) mass is 421 g/mol. The Bertz CT molecular complexity index is 1100. The molecule has 0 fully saturated rings. The summed E-state index contributed by atoms with van der Waals surface area (Å²) in [5.74, 6) is 0.526. The van der Waals surface area contributed by atoms with Gasteiger partial charge in [-0.2, -0.15) is 0 Å². The molecule has 3 heterocycles. The number of Topliss-reactive ketones (excluding diaryl/α,β-unsaturated/α-hetero) is 1. The van der Waals surface area contributed by atoms with Crippen molar-refractivity contribution >= 4 is 40.1 Å². The number of hydrogen-bond donors (Lipinski definition) is 0. The van der Waals surface area contributed by atoms with E-state index in [1.165, 1.54) is 0 Å². The maximum Gasteiger partial charge on any atom is 0.260 e. The van der Waals surface area contributed by atoms with Crippen molar-refractivity contribution in [2.75, 3.05) is 4.90 Å². The molecule has 0 bridgehead atoms. The van der Waals surface area contributed by atoms with E-state index in [1.807, 2.05) is 36.4 Å². The van der Waals surface area contributed by atoms with Gasteiger partial charge in [-0.1, -0.05) is 56.0 Å². The molecule has 0 radical (unpaired) electrons. The first kappa shape index (κ1) is 20.5. The van der Waals surface area contributed by atoms with Crippen molar-refractivity contribution in [1.29, 1.82) is 0 Å². The molecular weight excluding hydrogens is 398 g/mol. The van der Waals surface area contributed by atoms with Crippen LogP contribution < -0.4 is 4.90 Å². The summed E-state index contributed by atoms with van der Waals surface area (Å²) >= 11 is 6.02. The summed E-state index contributed by atoms with van der Waals surface area (Å²) in [6.45, 7) is 2.15. The number of halogens is 1. The van der Waals surface area contributed by atoms with E-state index in [1.54, 1.807) is 17.0 Å². The van der Waals surface area contributed by atoms with Gasteiger partial charge < -0.3 is 0 Å². The van der Waals surface area contributed by atoms with Gasteiger partial charge >= 0.3 is 0 Å². The lowest BCUT2D eigenvalue weighted by molar-refractivity contribution is -0.119. The fourth-order valence-corrected chi connectivity index (χ4v) is 4.17. The molecule has 1 unspecified atom stereocenters. The normalized spacial score (nSPS) is 15.6. The summed E-state index contributed by atoms with van der Waals surface area (Å²) < 4.78 is 0. The third-order valence-electron chi connectivity index (χ3n) is 5.56. The van der Waals surface area contributed by atoms with Crippen molar-refractivity contribution in [3.8, 4) is 0 Å². The van der Waals surface area contributed by atoms with E-state index in [4.69, 9.17) is 11.6 Å². The van der Waals surface area contributed by atoms with Gasteiger partial charge in [0.1, 0.15) is 16.8 Å². The Morgan fingerprint density at radius 2 is 1.83 bits per heavy atom. The Kier molecular flexibility index (Phi) is 6.09. The zero-order valence-electron chi connectivity index (χ0n) is 17.0. The first-order valence-electron chi connectivity index (χ1n) is 10.5. The second-order valence-corrected chi connectivity index (χ2v) is 8.07. The number of amides is 1. The van der Waals surface area contributed by atoms with Gasteiger partial charge in [-0.15, -0.1) is 0 Å². The Morgan fingerprint density at radius 1 is 1.03 bits per heavy atom. The Hall–Kier alpha value is -2.79. The van der Waals surface area contributed by atoms with Gasteiger partial charge in [-0.3, -0.25) is 14.5 Å². The van der Waals surface area contributed by atoms with Crippen molar-refractivity contribution in [2.24, 2.45) is 0 Å². The van der Waals surface area contributed by atoms with E-state index in [-0.39, 0.29) is 24.2 Å². The maximum absolute atomic E-state index is 13.2. The number of ketones is 1. The van der Waals surface area contributed by atoms with Crippen molar-refractivity contribution < 1.29 is 9.59 Å². The number of aromatic nitrogens is 2. The number of anilines is 1. The van der Waals surface area contributed by atoms with E-state index in [9.17, 15) is 9.59 Å². The van der Waals surface area contributed by atoms with E-state index < -0.39 is 0 Å². The van der Waals surface area contributed by atoms with Crippen LogP contribution in [0.1, 0.15) is 67.4 Å². The SMILES string of the molecule is CCCCCCC(=O)CC1c2ccccc2C(=O)N1c1ccc2ccc(Cl)nc2n1. The minimum absolute atomic E-state index is 0.136. The largest absolute Gasteiger partial charge is 0.300 e. The maximum atomic E-state index is 13.2. The minimum atomic E-state index is -0.350. The molecule has 1 aromatic carbocycles. The number of nitrogens with zero attached hydrogens (tertiary/aromatic N) is 3. The molecule has 30 heavy (non-hydrogen) atoms. The summed E-state index contributed by atoms with van der Waals surface area (Å²) in [7, 11) is 0. The van der Waals surface area contributed by atoms with Gasteiger partial charge in [-0.25, -0.2) is 9.97 Å². The number of hydrogen-bond acceptors (Lipinski definition) is 4. The van der Waals surface area contributed by atoms with Gasteiger partial charge in [-0.05, 0) is 42.3 Å². The number of carbonyl (C=O) groups is 2. The van der Waals surface area contributed by atoms with Crippen LogP contribution in [-0.2, 0) is 4.79 Å². The molecule has 0 aliphatic carbocycles. The second kappa shape index (κ2) is 8.92. The van der Waals surface area contributed by atoms with Crippen molar-refractivity contribution in [2.45, 2.75) is 51.5 Å². The first-order valence-corrected chi connectivity index (χ1v) is 10.8. The number of fused-ring (bicyclic) bond motifs is 2. The third-order valence-corrected chi connectivity index (χ3v) is 5.77. The molecule has 0 spiro atoms. The molecule has 6 heteroatoms. The highest BCUT2D eigenvalue weighted by molar-refractivity contribution is 6.29. The Morgan fingerprint density at radius 3 is 2.67 bits per heavy atom. The fraction of sp³-hybridized carbons (Fsp3) is 0.333. The molecule has 5 nitrogen and oxygen atoms in total. The number of carbonyl (C=O) groups excluding carboxylic acids is 2. The third kappa shape index (κ3) is 4.08. The summed E-state index contributed by atoms with van der Waals surface area (Å²) in [5.41, 5.74) is 1.99. The molecule has 0 saturated carbocycles. The zero-order valence-corrected chi connectivity index (χ0v) is 17.7. The van der Waals surface area contributed by atoms with Gasteiger partial charge in [0.25, 0.3) is 5.91 Å². The molecule has 1 aliphatic rings. The highest BCUT2D eigenvalue weighted by Crippen LogP contribution is 2.39. The highest BCUT2D eigenvalue weighted by atomic mass is 35.5. The molecular formula is C24H24ClN3O2. The van der Waals surface area contributed by atoms with Crippen LogP contribution >= 0.6 is 11.6 Å². The lowest BCUT2D eigenvalue weighted by Crippen LogP contribution is -2.30. The molecule has 1 amide bonds. The number of pyridine rings is 2. The lowest BCUT2D eigenvalue weighted by atomic mass is 9.98. The number of benzene rings is 1. The molecule has 1 aliphatic heterocycles. The minimum Gasteiger partial charge on any atom is -0.300 e. The molecule has 2 aromatic heterocycles. The molecule has 1 atom stereocenters. The summed E-state index contributed by atoms with van der Waals surface area (Å²) in [5, 5.41) is 1.19. The Labute approximate surface area is 181 Å². The van der Waals surface area contributed by atoms with Crippen LogP contribution in [0.25, 0.3) is 11.0 Å². The van der Waals surface area contributed by atoms with E-state index >= 15 is 0 Å². The lowest BCUT2D eigenvalue weighted by Gasteiger charge is -2.24. The predicted octanol–water partition coefficient (Wildman–Crippen LogP) is 5.91. The van der Waals surface area contributed by atoms with Crippen LogP contribution in [0.5, 0.6) is 0 Å². The number of rotatable bonds is 8. The van der Waals surface area contributed by atoms with Crippen LogP contribution in [0.4, 0.5) is 5.82 Å². The highest BCUT2D eigenvalue weighted by Gasteiger charge is 2.39. The molecule has 154 valence electrons. The quantitative estimate of drug-likeness (QED) is 0.335. The number of unbranched alkanes of at least 4 members (excludes halogenated alkanes) is 3. The van der Waals surface area contributed by atoms with E-state index in [2.05, 4.69) is 16.9 Å². The smallest absolute Gasteiger partial charge is 0.260 e. The van der Waals surface area contributed by atoms with Crippen LogP contribution in [0.15, 0.2) is 48.5 Å². The fourth-order valence-electron chi connectivity index (χ4n) is 4.02. The summed E-state index contributed by atoms with van der Waals surface area (Å²) in [4.78, 5) is 36.4. The van der Waals surface area contributed by atoms with Crippen LogP contribution in [0.3, 0.4) is 0 Å². The molecule has 4 rings (SSSR count). The van der Waals surface area contributed by atoms with Crippen molar-refractivity contribution in [3.05, 3.63) is 64.8 Å². The molecule has 3 aromatic rings. The van der Waals surface area contributed by atoms with Gasteiger partial charge in [0.2, 0.25) is 0 Å². The molecule has 0 saturated heterocycles. The van der Waals surface area contributed by atoms with E-state index in [0.29, 0.717) is 28.6 Å². The second-order valence-electron chi connectivity index (χ2n) is 7.68. The topological polar surface area (TPSA) is 63.2 Å². The van der Waals surface area contributed by atoms with Crippen molar-refractivity contribution in [3.63, 3.8) is 0 Å². The van der Waals surface area contributed by atoms with Crippen LogP contribution in [0, 0.1) is 0 Å². The van der Waals surface area contributed by atoms with Gasteiger partial charge in [0, 0.05) is 23.8 Å². The summed E-state index contributed by atoms with van der Waals surface area (Å²) in [6, 6.07) is 14.4. The zero-order chi connectivity index (χ0) is 21.1. The first-order chi connectivity index (χ1) is 14.6. The Balaban J connectivity index is 1.65. The molecule has 0 N–H and O–H groups in total. The average Bonchev–Trinajstić information content (AvgIpc) is 3.02.